The fraction of sp³-hybridized carbons (Fsp3) is 0.385. The Morgan fingerprint density at radius 3 is 2.28 bits per heavy atom. The van der Waals surface area contributed by atoms with Gasteiger partial charge < -0.3 is 10.2 Å². The molecule has 2 aromatic rings. The third-order valence-corrected chi connectivity index (χ3v) is 8.59. The highest BCUT2D eigenvalue weighted by Crippen LogP contribution is 2.62. The van der Waals surface area contributed by atoms with E-state index in [1.165, 1.54) is 24.2 Å². The van der Waals surface area contributed by atoms with Gasteiger partial charge in [0.05, 0.1) is 5.69 Å². The van der Waals surface area contributed by atoms with Crippen molar-refractivity contribution in [1.29, 1.82) is 0 Å². The predicted molar refractivity (Wildman–Crippen MR) is 125 cm³/mol. The first-order valence-electron chi connectivity index (χ1n) is 11.3. The number of carbonyl (C=O) groups is 2. The van der Waals surface area contributed by atoms with Crippen LogP contribution >= 0.6 is 11.8 Å². The number of hydrogen-bond acceptors (Lipinski definition) is 5. The van der Waals surface area contributed by atoms with E-state index < -0.39 is 0 Å². The largest absolute Gasteiger partial charge is 0.508 e. The number of rotatable bonds is 3. The normalized spacial score (nSPS) is 32.3. The van der Waals surface area contributed by atoms with Crippen LogP contribution in [0.25, 0.3) is 6.08 Å². The standard InChI is InChI=1S/C26H25NO4S/c28-20-3-1-2-15(9-20)10-22-24(30)32-25(31)27(22)19-4-5-23(29)21(11-19)26-12-16-6-17(13-26)8-18(7-16)14-26/h1-5,9-11,16-18,28-29H,6-8,12-14H2. The van der Waals surface area contributed by atoms with Crippen molar-refractivity contribution in [2.75, 3.05) is 4.90 Å². The SMILES string of the molecule is O=C1SC(=O)N(c2ccc(O)c(C34CC5CC(CC(C5)C3)C4)c2)C1=Cc1cccc(O)c1. The van der Waals surface area contributed by atoms with Crippen LogP contribution in [0.4, 0.5) is 10.5 Å². The summed E-state index contributed by atoms with van der Waals surface area (Å²) in [5.41, 5.74) is 2.44. The lowest BCUT2D eigenvalue weighted by Gasteiger charge is -2.57. The number of phenols is 2. The number of carbonyl (C=O) groups excluding carboxylic acids is 2. The van der Waals surface area contributed by atoms with Crippen LogP contribution in [-0.4, -0.2) is 20.6 Å². The maximum Gasteiger partial charge on any atom is 0.298 e. The van der Waals surface area contributed by atoms with Crippen molar-refractivity contribution in [1.82, 2.24) is 0 Å². The first-order valence-corrected chi connectivity index (χ1v) is 12.1. The number of aromatic hydroxyl groups is 2. The lowest BCUT2D eigenvalue weighted by molar-refractivity contribution is -0.107. The third kappa shape index (κ3) is 3.15. The van der Waals surface area contributed by atoms with Crippen LogP contribution in [0.15, 0.2) is 48.2 Å². The van der Waals surface area contributed by atoms with Crippen LogP contribution in [0.3, 0.4) is 0 Å². The molecule has 164 valence electrons. The first kappa shape index (κ1) is 19.9. The van der Waals surface area contributed by atoms with Gasteiger partial charge in [-0.3, -0.25) is 14.5 Å². The van der Waals surface area contributed by atoms with E-state index in [2.05, 4.69) is 0 Å². The quantitative estimate of drug-likeness (QED) is 0.581. The minimum atomic E-state index is -0.344. The summed E-state index contributed by atoms with van der Waals surface area (Å²) in [5.74, 6) is 2.59. The summed E-state index contributed by atoms with van der Waals surface area (Å²) in [6.07, 6.45) is 8.87. The Kier molecular flexibility index (Phi) is 4.44. The number of amides is 1. The molecule has 2 N–H and O–H groups in total. The Hall–Kier alpha value is -2.73. The maximum atomic E-state index is 12.8. The average Bonchev–Trinajstić information content (AvgIpc) is 3.00. The summed E-state index contributed by atoms with van der Waals surface area (Å²) >= 11 is 0.679. The van der Waals surface area contributed by atoms with Gasteiger partial charge >= 0.3 is 0 Å². The van der Waals surface area contributed by atoms with Gasteiger partial charge in [-0.1, -0.05) is 12.1 Å². The second-order valence-electron chi connectivity index (χ2n) is 10.0. The molecular formula is C26H25NO4S. The van der Waals surface area contributed by atoms with E-state index >= 15 is 0 Å². The number of phenolic OH excluding ortho intramolecular Hbond substituents is 2. The minimum absolute atomic E-state index is 0.0239. The lowest BCUT2D eigenvalue weighted by atomic mass is 9.48. The van der Waals surface area contributed by atoms with Crippen LogP contribution in [0, 0.1) is 17.8 Å². The monoisotopic (exact) mass is 447 g/mol. The van der Waals surface area contributed by atoms with Crippen molar-refractivity contribution < 1.29 is 19.8 Å². The number of anilines is 1. The van der Waals surface area contributed by atoms with Gasteiger partial charge in [0, 0.05) is 17.3 Å². The number of thioether (sulfide) groups is 1. The molecule has 0 atom stereocenters. The molecule has 4 aliphatic carbocycles. The molecule has 7 rings (SSSR count). The molecule has 0 spiro atoms. The van der Waals surface area contributed by atoms with Gasteiger partial charge in [-0.25, -0.2) is 0 Å². The Labute approximate surface area is 191 Å². The Bertz CT molecular complexity index is 1130. The van der Waals surface area contributed by atoms with Crippen molar-refractivity contribution in [3.05, 3.63) is 59.3 Å². The van der Waals surface area contributed by atoms with Crippen LogP contribution in [0.2, 0.25) is 0 Å². The molecule has 2 aromatic carbocycles. The van der Waals surface area contributed by atoms with Crippen LogP contribution in [-0.2, 0) is 10.2 Å². The van der Waals surface area contributed by atoms with E-state index in [0.717, 1.165) is 42.6 Å². The molecule has 1 aliphatic heterocycles. The predicted octanol–water partition coefficient (Wildman–Crippen LogP) is 5.81. The van der Waals surface area contributed by atoms with Gasteiger partial charge in [-0.2, -0.15) is 0 Å². The highest BCUT2D eigenvalue weighted by molar-refractivity contribution is 8.27. The molecule has 1 heterocycles. The number of nitrogens with zero attached hydrogens (tertiary/aromatic N) is 1. The van der Waals surface area contributed by atoms with Crippen LogP contribution < -0.4 is 4.90 Å². The summed E-state index contributed by atoms with van der Waals surface area (Å²) in [7, 11) is 0. The molecule has 5 fully saturated rings. The topological polar surface area (TPSA) is 77.8 Å². The van der Waals surface area contributed by atoms with Gasteiger partial charge in [-0.15, -0.1) is 0 Å². The molecule has 0 radical (unpaired) electrons. The molecule has 1 amide bonds. The molecule has 0 aromatic heterocycles. The van der Waals surface area contributed by atoms with E-state index in [4.69, 9.17) is 0 Å². The first-order chi connectivity index (χ1) is 15.4. The van der Waals surface area contributed by atoms with Gasteiger partial charge in [0.15, 0.2) is 0 Å². The van der Waals surface area contributed by atoms with E-state index in [-0.39, 0.29) is 27.2 Å². The second-order valence-corrected chi connectivity index (χ2v) is 10.9. The highest BCUT2D eigenvalue weighted by atomic mass is 32.2. The maximum absolute atomic E-state index is 12.8. The zero-order valence-electron chi connectivity index (χ0n) is 17.7. The van der Waals surface area contributed by atoms with Gasteiger partial charge in [0.2, 0.25) is 5.12 Å². The summed E-state index contributed by atoms with van der Waals surface area (Å²) in [6, 6.07) is 11.9. The third-order valence-electron chi connectivity index (χ3n) is 7.83. The van der Waals surface area contributed by atoms with Crippen LogP contribution in [0.1, 0.15) is 49.7 Å². The molecule has 6 heteroatoms. The minimum Gasteiger partial charge on any atom is -0.508 e. The van der Waals surface area contributed by atoms with Gasteiger partial charge in [-0.05, 0) is 104 Å². The zero-order chi connectivity index (χ0) is 22.0. The molecule has 0 unspecified atom stereocenters. The molecule has 32 heavy (non-hydrogen) atoms. The van der Waals surface area contributed by atoms with Crippen molar-refractivity contribution in [3.63, 3.8) is 0 Å². The highest BCUT2D eigenvalue weighted by Gasteiger charge is 2.52. The Morgan fingerprint density at radius 1 is 0.938 bits per heavy atom. The number of benzene rings is 2. The van der Waals surface area contributed by atoms with Crippen molar-refractivity contribution in [2.24, 2.45) is 17.8 Å². The average molecular weight is 448 g/mol. The van der Waals surface area contributed by atoms with Crippen molar-refractivity contribution >= 4 is 33.9 Å². The van der Waals surface area contributed by atoms with E-state index in [1.807, 2.05) is 6.07 Å². The second kappa shape index (κ2) is 7.14. The summed E-state index contributed by atoms with van der Waals surface area (Å²) in [4.78, 5) is 26.9. The summed E-state index contributed by atoms with van der Waals surface area (Å²) in [5, 5.41) is 20.0. The lowest BCUT2D eigenvalue weighted by Crippen LogP contribution is -2.48. The van der Waals surface area contributed by atoms with E-state index in [0.29, 0.717) is 28.8 Å². The Balaban J connectivity index is 1.42. The smallest absolute Gasteiger partial charge is 0.298 e. The van der Waals surface area contributed by atoms with Gasteiger partial charge in [0.1, 0.15) is 17.2 Å². The molecular weight excluding hydrogens is 422 g/mol. The van der Waals surface area contributed by atoms with E-state index in [1.54, 1.807) is 42.5 Å². The van der Waals surface area contributed by atoms with Crippen molar-refractivity contribution in [3.8, 4) is 11.5 Å². The molecule has 5 aliphatic rings. The van der Waals surface area contributed by atoms with Crippen molar-refractivity contribution in [2.45, 2.75) is 43.9 Å². The molecule has 4 bridgehead atoms. The molecule has 4 saturated carbocycles. The van der Waals surface area contributed by atoms with Gasteiger partial charge in [0.25, 0.3) is 5.24 Å². The fourth-order valence-corrected chi connectivity index (χ4v) is 7.74. The Morgan fingerprint density at radius 2 is 1.62 bits per heavy atom. The van der Waals surface area contributed by atoms with E-state index in [9.17, 15) is 19.8 Å². The summed E-state index contributed by atoms with van der Waals surface area (Å²) < 4.78 is 0. The summed E-state index contributed by atoms with van der Waals surface area (Å²) in [6.45, 7) is 0. The molecule has 1 saturated heterocycles. The molecule has 5 nitrogen and oxygen atoms in total. The number of hydrogen-bond donors (Lipinski definition) is 2. The fourth-order valence-electron chi connectivity index (χ4n) is 7.04. The van der Waals surface area contributed by atoms with Crippen LogP contribution in [0.5, 0.6) is 11.5 Å². The zero-order valence-corrected chi connectivity index (χ0v) is 18.5.